The Balaban J connectivity index is 2.06. The fraction of sp³-hybridized carbons (Fsp3) is 0.600. The summed E-state index contributed by atoms with van der Waals surface area (Å²) in [5.74, 6) is -0.984. The molecule has 88 valence electrons. The van der Waals surface area contributed by atoms with Gasteiger partial charge in [0.2, 0.25) is 0 Å². The first-order chi connectivity index (χ1) is 7.68. The van der Waals surface area contributed by atoms with Crippen molar-refractivity contribution in [2.45, 2.75) is 13.5 Å². The molecule has 2 heterocycles. The number of carboxylic acids is 1. The van der Waals surface area contributed by atoms with Gasteiger partial charge in [-0.1, -0.05) is 0 Å². The minimum atomic E-state index is -0.984. The van der Waals surface area contributed by atoms with E-state index in [0.29, 0.717) is 6.54 Å². The molecule has 2 N–H and O–H groups in total. The van der Waals surface area contributed by atoms with Crippen molar-refractivity contribution in [2.75, 3.05) is 26.3 Å². The van der Waals surface area contributed by atoms with Gasteiger partial charge in [0.1, 0.15) is 0 Å². The second-order valence-corrected chi connectivity index (χ2v) is 3.87. The molecule has 6 heteroatoms. The smallest absolute Gasteiger partial charge is 0.356 e. The van der Waals surface area contributed by atoms with Gasteiger partial charge in [0, 0.05) is 25.2 Å². The number of carbonyl (C=O) groups is 1. The summed E-state index contributed by atoms with van der Waals surface area (Å²) in [5, 5.41) is 15.5. The molecule has 0 saturated carbocycles. The van der Waals surface area contributed by atoms with Crippen molar-refractivity contribution >= 4 is 5.97 Å². The van der Waals surface area contributed by atoms with Crippen LogP contribution in [0, 0.1) is 6.92 Å². The molecule has 0 atom stereocenters. The van der Waals surface area contributed by atoms with E-state index >= 15 is 0 Å². The van der Waals surface area contributed by atoms with Crippen LogP contribution < -0.4 is 0 Å². The summed E-state index contributed by atoms with van der Waals surface area (Å²) in [6, 6.07) is 0. The van der Waals surface area contributed by atoms with Crippen molar-refractivity contribution in [1.29, 1.82) is 0 Å². The highest BCUT2D eigenvalue weighted by atomic mass is 16.5. The van der Waals surface area contributed by atoms with E-state index in [-0.39, 0.29) is 5.69 Å². The Hall–Kier alpha value is -1.40. The number of aromatic amines is 1. The van der Waals surface area contributed by atoms with Gasteiger partial charge in [-0.15, -0.1) is 0 Å². The maximum absolute atomic E-state index is 10.8. The highest BCUT2D eigenvalue weighted by Gasteiger charge is 2.18. The van der Waals surface area contributed by atoms with E-state index in [0.717, 1.165) is 37.6 Å². The number of aromatic carboxylic acids is 1. The minimum absolute atomic E-state index is 0.114. The highest BCUT2D eigenvalue weighted by Crippen LogP contribution is 2.13. The fourth-order valence-electron chi connectivity index (χ4n) is 1.78. The van der Waals surface area contributed by atoms with E-state index in [2.05, 4.69) is 15.1 Å². The lowest BCUT2D eigenvalue weighted by molar-refractivity contribution is 0.0335. The minimum Gasteiger partial charge on any atom is -0.476 e. The van der Waals surface area contributed by atoms with Gasteiger partial charge < -0.3 is 9.84 Å². The Labute approximate surface area is 93.2 Å². The van der Waals surface area contributed by atoms with Gasteiger partial charge in [-0.05, 0) is 6.92 Å². The number of hydrogen-bond acceptors (Lipinski definition) is 4. The predicted octanol–water partition coefficient (Wildman–Crippen LogP) is 0.249. The number of nitrogens with one attached hydrogen (secondary N) is 1. The van der Waals surface area contributed by atoms with E-state index in [1.54, 1.807) is 6.92 Å². The summed E-state index contributed by atoms with van der Waals surface area (Å²) >= 11 is 0. The number of rotatable bonds is 3. The van der Waals surface area contributed by atoms with Crippen LogP contribution in [0.25, 0.3) is 0 Å². The number of carboxylic acid groups (broad SMARTS) is 1. The molecule has 1 fully saturated rings. The molecule has 0 radical (unpaired) electrons. The molecular weight excluding hydrogens is 210 g/mol. The molecule has 2 rings (SSSR count). The van der Waals surface area contributed by atoms with Crippen LogP contribution in [-0.4, -0.2) is 52.5 Å². The zero-order valence-electron chi connectivity index (χ0n) is 9.19. The molecule has 1 aromatic rings. The summed E-state index contributed by atoms with van der Waals surface area (Å²) in [6.07, 6.45) is 0. The Morgan fingerprint density at radius 3 is 2.81 bits per heavy atom. The SMILES string of the molecule is Cc1c(C(=O)O)n[nH]c1CN1CCOCC1. The Morgan fingerprint density at radius 2 is 2.25 bits per heavy atom. The number of H-pyrrole nitrogens is 1. The van der Waals surface area contributed by atoms with E-state index in [1.165, 1.54) is 0 Å². The standard InChI is InChI=1S/C10H15N3O3/c1-7-8(11-12-9(7)10(14)15)6-13-2-4-16-5-3-13/h2-6H2,1H3,(H,11,12)(H,14,15). The van der Waals surface area contributed by atoms with Crippen LogP contribution >= 0.6 is 0 Å². The van der Waals surface area contributed by atoms with Crippen LogP contribution in [0.1, 0.15) is 21.7 Å². The monoisotopic (exact) mass is 225 g/mol. The molecular formula is C10H15N3O3. The van der Waals surface area contributed by atoms with E-state index < -0.39 is 5.97 Å². The third-order valence-electron chi connectivity index (χ3n) is 2.80. The van der Waals surface area contributed by atoms with E-state index in [4.69, 9.17) is 9.84 Å². The summed E-state index contributed by atoms with van der Waals surface area (Å²) in [6.45, 7) is 5.71. The second kappa shape index (κ2) is 4.63. The lowest BCUT2D eigenvalue weighted by Crippen LogP contribution is -2.35. The van der Waals surface area contributed by atoms with Gasteiger partial charge >= 0.3 is 5.97 Å². The predicted molar refractivity (Wildman–Crippen MR) is 56.4 cm³/mol. The van der Waals surface area contributed by atoms with Crippen molar-refractivity contribution in [3.63, 3.8) is 0 Å². The molecule has 1 saturated heterocycles. The molecule has 6 nitrogen and oxygen atoms in total. The first-order valence-corrected chi connectivity index (χ1v) is 5.25. The van der Waals surface area contributed by atoms with E-state index in [1.807, 2.05) is 0 Å². The number of hydrogen-bond donors (Lipinski definition) is 2. The highest BCUT2D eigenvalue weighted by molar-refractivity contribution is 5.87. The third-order valence-corrected chi connectivity index (χ3v) is 2.80. The maximum atomic E-state index is 10.8. The van der Waals surface area contributed by atoms with Crippen LogP contribution in [0.4, 0.5) is 0 Å². The molecule has 0 amide bonds. The number of morpholine rings is 1. The molecule has 0 spiro atoms. The van der Waals surface area contributed by atoms with Crippen molar-refractivity contribution in [3.05, 3.63) is 17.0 Å². The summed E-state index contributed by atoms with van der Waals surface area (Å²) in [7, 11) is 0. The van der Waals surface area contributed by atoms with Gasteiger partial charge in [-0.25, -0.2) is 4.79 Å². The molecule has 0 unspecified atom stereocenters. The van der Waals surface area contributed by atoms with Crippen LogP contribution in [-0.2, 0) is 11.3 Å². The topological polar surface area (TPSA) is 78.4 Å². The largest absolute Gasteiger partial charge is 0.476 e. The Bertz CT molecular complexity index is 383. The maximum Gasteiger partial charge on any atom is 0.356 e. The summed E-state index contributed by atoms with van der Waals surface area (Å²) in [5.41, 5.74) is 1.71. The first-order valence-electron chi connectivity index (χ1n) is 5.25. The van der Waals surface area contributed by atoms with Gasteiger partial charge in [0.15, 0.2) is 5.69 Å². The van der Waals surface area contributed by atoms with Crippen molar-refractivity contribution in [2.24, 2.45) is 0 Å². The van der Waals surface area contributed by atoms with E-state index in [9.17, 15) is 4.79 Å². The van der Waals surface area contributed by atoms with Crippen LogP contribution in [0.15, 0.2) is 0 Å². The lowest BCUT2D eigenvalue weighted by Gasteiger charge is -2.26. The molecule has 0 aliphatic carbocycles. The van der Waals surface area contributed by atoms with Crippen molar-refractivity contribution < 1.29 is 14.6 Å². The average molecular weight is 225 g/mol. The quantitative estimate of drug-likeness (QED) is 0.770. The van der Waals surface area contributed by atoms with Crippen molar-refractivity contribution in [1.82, 2.24) is 15.1 Å². The number of aromatic nitrogens is 2. The van der Waals surface area contributed by atoms with Crippen LogP contribution in [0.5, 0.6) is 0 Å². The first kappa shape index (κ1) is 11.1. The average Bonchev–Trinajstić information content (AvgIpc) is 2.62. The van der Waals surface area contributed by atoms with Gasteiger partial charge in [-0.2, -0.15) is 5.10 Å². The third kappa shape index (κ3) is 2.23. The van der Waals surface area contributed by atoms with Gasteiger partial charge in [-0.3, -0.25) is 10.00 Å². The van der Waals surface area contributed by atoms with Gasteiger partial charge in [0.05, 0.1) is 18.9 Å². The lowest BCUT2D eigenvalue weighted by atomic mass is 10.2. The number of nitrogens with zero attached hydrogens (tertiary/aromatic N) is 2. The van der Waals surface area contributed by atoms with Crippen LogP contribution in [0.2, 0.25) is 0 Å². The molecule has 1 aromatic heterocycles. The fourth-order valence-corrected chi connectivity index (χ4v) is 1.78. The van der Waals surface area contributed by atoms with Crippen molar-refractivity contribution in [3.8, 4) is 0 Å². The summed E-state index contributed by atoms with van der Waals surface area (Å²) in [4.78, 5) is 13.0. The molecule has 0 bridgehead atoms. The molecule has 0 aromatic carbocycles. The van der Waals surface area contributed by atoms with Gasteiger partial charge in [0.25, 0.3) is 0 Å². The summed E-state index contributed by atoms with van der Waals surface area (Å²) < 4.78 is 5.25. The molecule has 1 aliphatic heterocycles. The number of ether oxygens (including phenoxy) is 1. The molecule has 1 aliphatic rings. The zero-order chi connectivity index (χ0) is 11.5. The Kier molecular flexibility index (Phi) is 3.21. The normalized spacial score (nSPS) is 17.6. The Morgan fingerprint density at radius 1 is 1.56 bits per heavy atom. The molecule has 16 heavy (non-hydrogen) atoms. The zero-order valence-corrected chi connectivity index (χ0v) is 9.19. The second-order valence-electron chi connectivity index (χ2n) is 3.87. The van der Waals surface area contributed by atoms with Crippen LogP contribution in [0.3, 0.4) is 0 Å².